The maximum atomic E-state index is 5.80. The fourth-order valence-corrected chi connectivity index (χ4v) is 1.93. The third-order valence-electron chi connectivity index (χ3n) is 2.67. The van der Waals surface area contributed by atoms with Gasteiger partial charge >= 0.3 is 0 Å². The van der Waals surface area contributed by atoms with Gasteiger partial charge in [0.2, 0.25) is 0 Å². The molecule has 4 heteroatoms. The van der Waals surface area contributed by atoms with Crippen molar-refractivity contribution in [1.82, 2.24) is 9.97 Å². The third kappa shape index (κ3) is 2.45. The molecule has 1 aromatic rings. The van der Waals surface area contributed by atoms with Crippen LogP contribution in [0.25, 0.3) is 0 Å². The molecule has 1 aromatic heterocycles. The lowest BCUT2D eigenvalue weighted by molar-refractivity contribution is -0.0174. The van der Waals surface area contributed by atoms with Gasteiger partial charge in [-0.05, 0) is 19.4 Å². The first-order chi connectivity index (χ1) is 7.29. The Hall–Kier alpha value is -1.16. The number of hydrogen-bond acceptors (Lipinski definition) is 4. The summed E-state index contributed by atoms with van der Waals surface area (Å²) in [5.74, 6) is 0.999. The van der Waals surface area contributed by atoms with E-state index < -0.39 is 0 Å². The average molecular weight is 207 g/mol. The molecule has 0 amide bonds. The molecule has 0 bridgehead atoms. The molecule has 0 N–H and O–H groups in total. The molecule has 2 atom stereocenters. The van der Waals surface area contributed by atoms with E-state index in [1.807, 2.05) is 6.07 Å². The lowest BCUT2D eigenvalue weighted by Crippen LogP contribution is -2.46. The van der Waals surface area contributed by atoms with Gasteiger partial charge in [-0.3, -0.25) is 0 Å². The minimum absolute atomic E-state index is 0.277. The summed E-state index contributed by atoms with van der Waals surface area (Å²) in [5.41, 5.74) is 0. The average Bonchev–Trinajstić information content (AvgIpc) is 2.29. The molecule has 15 heavy (non-hydrogen) atoms. The van der Waals surface area contributed by atoms with E-state index >= 15 is 0 Å². The molecule has 0 spiro atoms. The molecule has 1 aliphatic heterocycles. The summed E-state index contributed by atoms with van der Waals surface area (Å²) in [5, 5.41) is 0. The molecule has 0 unspecified atom stereocenters. The molecule has 1 saturated heterocycles. The van der Waals surface area contributed by atoms with Crippen molar-refractivity contribution in [2.45, 2.75) is 32.5 Å². The van der Waals surface area contributed by atoms with Gasteiger partial charge in [-0.25, -0.2) is 9.97 Å². The number of nitrogens with zero attached hydrogens (tertiary/aromatic N) is 3. The predicted octanol–water partition coefficient (Wildman–Crippen LogP) is 1.48. The Bertz CT molecular complexity index is 304. The Morgan fingerprint density at radius 1 is 1.53 bits per heavy atom. The third-order valence-corrected chi connectivity index (χ3v) is 2.67. The first-order valence-corrected chi connectivity index (χ1v) is 5.46. The second-order valence-electron chi connectivity index (χ2n) is 3.95. The van der Waals surface area contributed by atoms with Crippen molar-refractivity contribution in [1.29, 1.82) is 0 Å². The van der Waals surface area contributed by atoms with E-state index in [-0.39, 0.29) is 6.10 Å². The number of hydrogen-bond donors (Lipinski definition) is 0. The molecular weight excluding hydrogens is 190 g/mol. The van der Waals surface area contributed by atoms with Gasteiger partial charge < -0.3 is 9.64 Å². The molecule has 0 saturated carbocycles. The van der Waals surface area contributed by atoms with Gasteiger partial charge in [-0.15, -0.1) is 0 Å². The molecule has 4 nitrogen and oxygen atoms in total. The van der Waals surface area contributed by atoms with E-state index in [1.165, 1.54) is 0 Å². The zero-order valence-corrected chi connectivity index (χ0v) is 9.26. The zero-order chi connectivity index (χ0) is 10.7. The van der Waals surface area contributed by atoms with Crippen LogP contribution in [0.15, 0.2) is 18.6 Å². The minimum atomic E-state index is 0.277. The maximum Gasteiger partial charge on any atom is 0.132 e. The zero-order valence-electron chi connectivity index (χ0n) is 9.26. The van der Waals surface area contributed by atoms with Gasteiger partial charge in [0, 0.05) is 19.3 Å². The summed E-state index contributed by atoms with van der Waals surface area (Å²) < 4.78 is 5.80. The van der Waals surface area contributed by atoms with E-state index in [1.54, 1.807) is 12.5 Å². The number of ether oxygens (including phenoxy) is 1. The summed E-state index contributed by atoms with van der Waals surface area (Å²) in [6, 6.07) is 1.95. The lowest BCUT2D eigenvalue weighted by Gasteiger charge is -2.37. The van der Waals surface area contributed by atoms with Gasteiger partial charge in [-0.2, -0.15) is 0 Å². The highest BCUT2D eigenvalue weighted by Gasteiger charge is 2.24. The number of aromatic nitrogens is 2. The fraction of sp³-hybridized carbons (Fsp3) is 0.636. The summed E-state index contributed by atoms with van der Waals surface area (Å²) in [7, 11) is 0. The van der Waals surface area contributed by atoms with Crippen molar-refractivity contribution in [3.8, 4) is 0 Å². The van der Waals surface area contributed by atoms with Crippen LogP contribution in [0.4, 0.5) is 5.82 Å². The van der Waals surface area contributed by atoms with Crippen LogP contribution in [0.1, 0.15) is 20.3 Å². The second-order valence-corrected chi connectivity index (χ2v) is 3.95. The summed E-state index contributed by atoms with van der Waals surface area (Å²) >= 11 is 0. The Labute approximate surface area is 90.3 Å². The molecule has 1 fully saturated rings. The smallest absolute Gasteiger partial charge is 0.132 e. The number of morpholine rings is 1. The summed E-state index contributed by atoms with van der Waals surface area (Å²) in [6.07, 6.45) is 5.02. The van der Waals surface area contributed by atoms with E-state index in [0.29, 0.717) is 6.10 Å². The fourth-order valence-electron chi connectivity index (χ4n) is 1.93. The highest BCUT2D eigenvalue weighted by Crippen LogP contribution is 2.18. The van der Waals surface area contributed by atoms with Crippen LogP contribution in [0.2, 0.25) is 0 Å². The van der Waals surface area contributed by atoms with Crippen molar-refractivity contribution in [3.63, 3.8) is 0 Å². The standard InChI is InChI=1S/C11H17N3O/c1-3-10-7-14(6-9(2)15-10)11-4-5-12-8-13-11/h4-5,8-10H,3,6-7H2,1-2H3/t9-,10+/m1/s1. The highest BCUT2D eigenvalue weighted by molar-refractivity contribution is 5.37. The van der Waals surface area contributed by atoms with Crippen LogP contribution in [-0.4, -0.2) is 35.3 Å². The van der Waals surface area contributed by atoms with Crippen LogP contribution < -0.4 is 4.90 Å². The first-order valence-electron chi connectivity index (χ1n) is 5.46. The monoisotopic (exact) mass is 207 g/mol. The Morgan fingerprint density at radius 2 is 2.40 bits per heavy atom. The van der Waals surface area contributed by atoms with Crippen molar-refractivity contribution in [2.24, 2.45) is 0 Å². The molecule has 0 aliphatic carbocycles. The maximum absolute atomic E-state index is 5.80. The highest BCUT2D eigenvalue weighted by atomic mass is 16.5. The Morgan fingerprint density at radius 3 is 3.07 bits per heavy atom. The predicted molar refractivity (Wildman–Crippen MR) is 58.9 cm³/mol. The second kappa shape index (κ2) is 4.57. The van der Waals surface area contributed by atoms with Crippen LogP contribution in [0.5, 0.6) is 0 Å². The summed E-state index contributed by atoms with van der Waals surface area (Å²) in [4.78, 5) is 10.5. The van der Waals surface area contributed by atoms with E-state index in [2.05, 4.69) is 28.7 Å². The van der Waals surface area contributed by atoms with Crippen molar-refractivity contribution >= 4 is 5.82 Å². The van der Waals surface area contributed by atoms with Crippen molar-refractivity contribution in [2.75, 3.05) is 18.0 Å². The van der Waals surface area contributed by atoms with Gasteiger partial charge in [-0.1, -0.05) is 6.92 Å². The van der Waals surface area contributed by atoms with Gasteiger partial charge in [0.05, 0.1) is 12.2 Å². The molecule has 0 aromatic carbocycles. The van der Waals surface area contributed by atoms with Crippen molar-refractivity contribution in [3.05, 3.63) is 18.6 Å². The van der Waals surface area contributed by atoms with E-state index in [9.17, 15) is 0 Å². The van der Waals surface area contributed by atoms with Crippen LogP contribution in [-0.2, 0) is 4.74 Å². The molecule has 2 heterocycles. The van der Waals surface area contributed by atoms with Gasteiger partial charge in [0.25, 0.3) is 0 Å². The summed E-state index contributed by atoms with van der Waals surface area (Å²) in [6.45, 7) is 6.10. The Balaban J connectivity index is 2.09. The number of anilines is 1. The van der Waals surface area contributed by atoms with Crippen LogP contribution in [0.3, 0.4) is 0 Å². The minimum Gasteiger partial charge on any atom is -0.372 e. The lowest BCUT2D eigenvalue weighted by atomic mass is 10.2. The molecule has 0 radical (unpaired) electrons. The van der Waals surface area contributed by atoms with Gasteiger partial charge in [0.1, 0.15) is 12.1 Å². The van der Waals surface area contributed by atoms with Crippen molar-refractivity contribution < 1.29 is 4.74 Å². The normalized spacial score (nSPS) is 26.7. The van der Waals surface area contributed by atoms with Crippen LogP contribution in [0, 0.1) is 0 Å². The molecular formula is C11H17N3O. The topological polar surface area (TPSA) is 38.2 Å². The van der Waals surface area contributed by atoms with E-state index in [4.69, 9.17) is 4.74 Å². The quantitative estimate of drug-likeness (QED) is 0.736. The van der Waals surface area contributed by atoms with Gasteiger partial charge in [0.15, 0.2) is 0 Å². The van der Waals surface area contributed by atoms with E-state index in [0.717, 1.165) is 25.3 Å². The van der Waals surface area contributed by atoms with Crippen LogP contribution >= 0.6 is 0 Å². The SMILES string of the molecule is CC[C@H]1CN(c2ccncn2)C[C@@H](C)O1. The molecule has 2 rings (SSSR count). The first kappa shape index (κ1) is 10.4. The Kier molecular flexibility index (Phi) is 3.16. The number of rotatable bonds is 2. The molecule has 1 aliphatic rings. The largest absolute Gasteiger partial charge is 0.372 e. The molecule has 82 valence electrons.